The molecule has 0 amide bonds. The fourth-order valence-electron chi connectivity index (χ4n) is 2.40. The van der Waals surface area contributed by atoms with Crippen LogP contribution in [0.25, 0.3) is 11.2 Å². The van der Waals surface area contributed by atoms with Gasteiger partial charge in [-0.15, -0.1) is 12.4 Å². The van der Waals surface area contributed by atoms with Gasteiger partial charge in [-0.1, -0.05) is 0 Å². The van der Waals surface area contributed by atoms with Crippen molar-refractivity contribution in [2.75, 3.05) is 5.73 Å². The lowest BCUT2D eigenvalue weighted by molar-refractivity contribution is -0.0374. The summed E-state index contributed by atoms with van der Waals surface area (Å²) in [4.78, 5) is 11.9. The molecule has 1 fully saturated rings. The molecule has 104 valence electrons. The zero-order valence-corrected chi connectivity index (χ0v) is 11.4. The monoisotopic (exact) mass is 305 g/mol. The highest BCUT2D eigenvalue weighted by atomic mass is 35.5. The van der Waals surface area contributed by atoms with Gasteiger partial charge < -0.3 is 15.9 Å². The summed E-state index contributed by atoms with van der Waals surface area (Å²) in [6, 6.07) is 0. The van der Waals surface area contributed by atoms with E-state index in [-0.39, 0.29) is 29.9 Å². The number of aliphatic hydroxyl groups is 2. The smallest absolute Gasteiger partial charge is 0.226 e. The first kappa shape index (κ1) is 14.3. The molecule has 1 aliphatic carbocycles. The van der Waals surface area contributed by atoms with E-state index in [1.807, 2.05) is 0 Å². The van der Waals surface area contributed by atoms with E-state index in [0.717, 1.165) is 0 Å². The fraction of sp³-hybridized carbons (Fsp3) is 0.500. The van der Waals surface area contributed by atoms with Crippen molar-refractivity contribution < 1.29 is 10.2 Å². The van der Waals surface area contributed by atoms with Gasteiger partial charge in [0.2, 0.25) is 5.28 Å². The normalized spacial score (nSPS) is 26.6. The number of hydrogen-bond acceptors (Lipinski definition) is 6. The van der Waals surface area contributed by atoms with E-state index in [0.29, 0.717) is 24.0 Å². The van der Waals surface area contributed by atoms with Crippen LogP contribution >= 0.6 is 24.0 Å². The van der Waals surface area contributed by atoms with Crippen molar-refractivity contribution in [2.45, 2.75) is 31.1 Å². The summed E-state index contributed by atoms with van der Waals surface area (Å²) in [7, 11) is 0. The summed E-state index contributed by atoms with van der Waals surface area (Å²) in [6.07, 6.45) is 2.12. The third-order valence-electron chi connectivity index (χ3n) is 3.28. The zero-order chi connectivity index (χ0) is 12.9. The van der Waals surface area contributed by atoms with Crippen LogP contribution in [0.1, 0.15) is 19.3 Å². The Morgan fingerprint density at radius 1 is 1.47 bits per heavy atom. The van der Waals surface area contributed by atoms with Crippen LogP contribution in [0.15, 0.2) is 6.33 Å². The van der Waals surface area contributed by atoms with Crippen molar-refractivity contribution in [3.05, 3.63) is 11.6 Å². The predicted octanol–water partition coefficient (Wildman–Crippen LogP) is 0.674. The summed E-state index contributed by atoms with van der Waals surface area (Å²) >= 11 is 5.76. The fourth-order valence-corrected chi connectivity index (χ4v) is 2.57. The molecule has 2 heterocycles. The SMILES string of the molecule is Cl.Nc1nc(Cl)nc2c1ncn2[C@@]1(O)CC[C@@H](O)C1. The molecule has 0 spiro atoms. The molecule has 2 atom stereocenters. The van der Waals surface area contributed by atoms with Crippen LogP contribution in [0.4, 0.5) is 5.82 Å². The number of hydrogen-bond donors (Lipinski definition) is 3. The van der Waals surface area contributed by atoms with Crippen LogP contribution in [-0.4, -0.2) is 35.8 Å². The maximum atomic E-state index is 10.5. The van der Waals surface area contributed by atoms with Crippen molar-refractivity contribution >= 4 is 41.0 Å². The van der Waals surface area contributed by atoms with Gasteiger partial charge >= 0.3 is 0 Å². The molecule has 19 heavy (non-hydrogen) atoms. The van der Waals surface area contributed by atoms with Gasteiger partial charge in [0, 0.05) is 6.42 Å². The van der Waals surface area contributed by atoms with Crippen LogP contribution in [0, 0.1) is 0 Å². The standard InChI is InChI=1S/C10H12ClN5O2.ClH/c11-9-14-7(12)6-8(15-9)16(4-13-6)10(18)2-1-5(17)3-10;/h4-5,17-18H,1-3H2,(H2,12,14,15);1H/t5-,10-;/m1./s1. The molecular weight excluding hydrogens is 293 g/mol. The molecule has 0 aliphatic heterocycles. The van der Waals surface area contributed by atoms with Crippen LogP contribution in [0.2, 0.25) is 5.28 Å². The molecule has 0 saturated heterocycles. The van der Waals surface area contributed by atoms with Crippen LogP contribution in [0.3, 0.4) is 0 Å². The Balaban J connectivity index is 0.00000133. The van der Waals surface area contributed by atoms with Crippen molar-refractivity contribution in [3.8, 4) is 0 Å². The summed E-state index contributed by atoms with van der Waals surface area (Å²) < 4.78 is 1.50. The molecule has 0 radical (unpaired) electrons. The Morgan fingerprint density at radius 2 is 2.21 bits per heavy atom. The molecule has 2 aromatic rings. The molecule has 3 rings (SSSR count). The first-order chi connectivity index (χ1) is 8.49. The quantitative estimate of drug-likeness (QED) is 0.668. The van der Waals surface area contributed by atoms with E-state index in [1.165, 1.54) is 10.9 Å². The topological polar surface area (TPSA) is 110 Å². The van der Waals surface area contributed by atoms with E-state index in [1.54, 1.807) is 0 Å². The summed E-state index contributed by atoms with van der Waals surface area (Å²) in [5.74, 6) is 0.172. The lowest BCUT2D eigenvalue weighted by atomic mass is 10.2. The number of halogens is 2. The highest BCUT2D eigenvalue weighted by Crippen LogP contribution is 2.36. The minimum Gasteiger partial charge on any atom is -0.393 e. The number of nitrogens with zero attached hydrogens (tertiary/aromatic N) is 4. The number of aromatic nitrogens is 4. The summed E-state index contributed by atoms with van der Waals surface area (Å²) in [5.41, 5.74) is 5.28. The zero-order valence-electron chi connectivity index (χ0n) is 9.82. The van der Waals surface area contributed by atoms with E-state index < -0.39 is 11.8 Å². The molecule has 0 bridgehead atoms. The van der Waals surface area contributed by atoms with Gasteiger partial charge in [0.1, 0.15) is 11.2 Å². The molecule has 0 aromatic carbocycles. The predicted molar refractivity (Wildman–Crippen MR) is 72.0 cm³/mol. The Morgan fingerprint density at radius 3 is 2.84 bits per heavy atom. The van der Waals surface area contributed by atoms with Crippen molar-refractivity contribution in [1.82, 2.24) is 19.5 Å². The average molecular weight is 306 g/mol. The first-order valence-corrected chi connectivity index (χ1v) is 5.94. The number of anilines is 1. The third-order valence-corrected chi connectivity index (χ3v) is 3.45. The maximum Gasteiger partial charge on any atom is 0.226 e. The Hall–Kier alpha value is -1.15. The maximum absolute atomic E-state index is 10.5. The van der Waals surface area contributed by atoms with Crippen molar-refractivity contribution in [3.63, 3.8) is 0 Å². The third kappa shape index (κ3) is 2.23. The number of nitrogen functional groups attached to an aromatic ring is 1. The highest BCUT2D eigenvalue weighted by molar-refractivity contribution is 6.28. The van der Waals surface area contributed by atoms with Gasteiger partial charge in [-0.2, -0.15) is 9.97 Å². The Kier molecular flexibility index (Phi) is 3.57. The number of aliphatic hydroxyl groups excluding tert-OH is 1. The van der Waals surface area contributed by atoms with Gasteiger partial charge in [0.25, 0.3) is 0 Å². The van der Waals surface area contributed by atoms with Gasteiger partial charge in [0.05, 0.1) is 12.4 Å². The van der Waals surface area contributed by atoms with Crippen molar-refractivity contribution in [1.29, 1.82) is 0 Å². The molecule has 1 saturated carbocycles. The van der Waals surface area contributed by atoms with Crippen LogP contribution < -0.4 is 5.73 Å². The first-order valence-electron chi connectivity index (χ1n) is 5.56. The molecule has 9 heteroatoms. The molecular formula is C10H13Cl2N5O2. The van der Waals surface area contributed by atoms with E-state index in [9.17, 15) is 10.2 Å². The van der Waals surface area contributed by atoms with Crippen molar-refractivity contribution in [2.24, 2.45) is 0 Å². The van der Waals surface area contributed by atoms with E-state index in [2.05, 4.69) is 15.0 Å². The summed E-state index contributed by atoms with van der Waals surface area (Å²) in [6.45, 7) is 0. The highest BCUT2D eigenvalue weighted by Gasteiger charge is 2.39. The largest absolute Gasteiger partial charge is 0.393 e. The molecule has 2 aromatic heterocycles. The average Bonchev–Trinajstić information content (AvgIpc) is 2.83. The Bertz CT molecular complexity index is 619. The van der Waals surface area contributed by atoms with E-state index >= 15 is 0 Å². The van der Waals surface area contributed by atoms with Gasteiger partial charge in [-0.05, 0) is 24.4 Å². The molecule has 7 nitrogen and oxygen atoms in total. The van der Waals surface area contributed by atoms with Crippen LogP contribution in [-0.2, 0) is 5.72 Å². The van der Waals surface area contributed by atoms with E-state index in [4.69, 9.17) is 17.3 Å². The minimum atomic E-state index is -1.20. The number of fused-ring (bicyclic) bond motifs is 1. The molecule has 4 N–H and O–H groups in total. The number of rotatable bonds is 1. The number of nitrogens with two attached hydrogens (primary N) is 1. The second kappa shape index (κ2) is 4.75. The lowest BCUT2D eigenvalue weighted by Gasteiger charge is -2.24. The second-order valence-electron chi connectivity index (χ2n) is 4.54. The summed E-state index contributed by atoms with van der Waals surface area (Å²) in [5, 5.41) is 20.1. The molecule has 0 unspecified atom stereocenters. The second-order valence-corrected chi connectivity index (χ2v) is 4.88. The van der Waals surface area contributed by atoms with Gasteiger partial charge in [-0.3, -0.25) is 4.57 Å². The lowest BCUT2D eigenvalue weighted by Crippen LogP contribution is -2.30. The van der Waals surface area contributed by atoms with Gasteiger partial charge in [-0.25, -0.2) is 4.98 Å². The van der Waals surface area contributed by atoms with Gasteiger partial charge in [0.15, 0.2) is 11.5 Å². The minimum absolute atomic E-state index is 0. The Labute approximate surface area is 119 Å². The molecule has 1 aliphatic rings. The number of imidazole rings is 1. The van der Waals surface area contributed by atoms with Crippen LogP contribution in [0.5, 0.6) is 0 Å².